The molecule has 2 aromatic rings. The van der Waals surface area contributed by atoms with Gasteiger partial charge in [-0.05, 0) is 59.6 Å². The van der Waals surface area contributed by atoms with Crippen LogP contribution in [-0.4, -0.2) is 58.4 Å². The first-order valence-corrected chi connectivity index (χ1v) is 10.6. The molecule has 2 aliphatic rings. The van der Waals surface area contributed by atoms with Crippen molar-refractivity contribution in [3.63, 3.8) is 0 Å². The molecule has 7 heteroatoms. The number of rotatable bonds is 3. The van der Waals surface area contributed by atoms with E-state index in [2.05, 4.69) is 35.4 Å². The fourth-order valence-corrected chi connectivity index (χ4v) is 4.33. The predicted octanol–water partition coefficient (Wildman–Crippen LogP) is 4.09. The highest BCUT2D eigenvalue weighted by atomic mass is 16.6. The zero-order valence-electron chi connectivity index (χ0n) is 18.9. The van der Waals surface area contributed by atoms with Crippen LogP contribution in [0.3, 0.4) is 0 Å². The molecular formula is C23H32N4O3. The van der Waals surface area contributed by atoms with Crippen LogP contribution in [0.2, 0.25) is 0 Å². The maximum Gasteiger partial charge on any atom is 0.410 e. The van der Waals surface area contributed by atoms with Crippen LogP contribution in [0, 0.1) is 13.8 Å². The molecule has 3 heterocycles. The van der Waals surface area contributed by atoms with E-state index < -0.39 is 5.60 Å². The summed E-state index contributed by atoms with van der Waals surface area (Å²) in [5, 5.41) is 0. The number of nitrogens with zero attached hydrogens (tertiary/aromatic N) is 4. The lowest BCUT2D eigenvalue weighted by atomic mass is 10.1. The normalized spacial score (nSPS) is 17.9. The van der Waals surface area contributed by atoms with Crippen molar-refractivity contribution in [2.75, 3.05) is 31.6 Å². The van der Waals surface area contributed by atoms with Gasteiger partial charge in [-0.1, -0.05) is 0 Å². The molecular weight excluding hydrogens is 380 g/mol. The third kappa shape index (κ3) is 3.73. The van der Waals surface area contributed by atoms with E-state index in [0.717, 1.165) is 54.6 Å². The molecule has 2 aromatic heterocycles. The van der Waals surface area contributed by atoms with Gasteiger partial charge in [0.15, 0.2) is 0 Å². The van der Waals surface area contributed by atoms with Gasteiger partial charge >= 0.3 is 6.09 Å². The first-order valence-electron chi connectivity index (χ1n) is 10.6. The van der Waals surface area contributed by atoms with Crippen molar-refractivity contribution in [3.8, 4) is 11.6 Å². The summed E-state index contributed by atoms with van der Waals surface area (Å²) >= 11 is 0. The van der Waals surface area contributed by atoms with Gasteiger partial charge in [-0.15, -0.1) is 0 Å². The quantitative estimate of drug-likeness (QED) is 0.760. The van der Waals surface area contributed by atoms with Gasteiger partial charge in [0, 0.05) is 37.1 Å². The molecule has 30 heavy (non-hydrogen) atoms. The highest BCUT2D eigenvalue weighted by Crippen LogP contribution is 2.46. The Balaban J connectivity index is 1.57. The summed E-state index contributed by atoms with van der Waals surface area (Å²) in [7, 11) is 1.70. The van der Waals surface area contributed by atoms with Crippen LogP contribution in [0.15, 0.2) is 24.4 Å². The number of methoxy groups -OCH3 is 1. The number of aromatic nitrogens is 2. The average Bonchev–Trinajstić information content (AvgIpc) is 3.35. The number of aryl methyl sites for hydroxylation is 2. The van der Waals surface area contributed by atoms with Crippen LogP contribution < -0.4 is 9.64 Å². The Hall–Kier alpha value is -2.70. The fourth-order valence-electron chi connectivity index (χ4n) is 4.33. The van der Waals surface area contributed by atoms with E-state index in [1.54, 1.807) is 7.11 Å². The van der Waals surface area contributed by atoms with Crippen molar-refractivity contribution in [2.45, 2.75) is 58.6 Å². The number of hydrogen-bond donors (Lipinski definition) is 0. The van der Waals surface area contributed by atoms with Crippen LogP contribution in [0.1, 0.15) is 45.0 Å². The molecule has 0 atom stereocenters. The smallest absolute Gasteiger partial charge is 0.410 e. The molecule has 1 aliphatic carbocycles. The number of ether oxygens (including phenoxy) is 2. The van der Waals surface area contributed by atoms with Crippen LogP contribution in [0.4, 0.5) is 10.5 Å². The van der Waals surface area contributed by atoms with Gasteiger partial charge in [0.2, 0.25) is 0 Å². The highest BCUT2D eigenvalue weighted by molar-refractivity contribution is 5.71. The zero-order valence-corrected chi connectivity index (χ0v) is 18.9. The number of anilines is 1. The number of pyridine rings is 1. The largest absolute Gasteiger partial charge is 0.494 e. The Morgan fingerprint density at radius 1 is 1.13 bits per heavy atom. The van der Waals surface area contributed by atoms with Crippen molar-refractivity contribution in [1.82, 2.24) is 14.5 Å². The molecule has 1 aliphatic heterocycles. The maximum atomic E-state index is 12.7. The molecule has 1 spiro atoms. The summed E-state index contributed by atoms with van der Waals surface area (Å²) in [5.41, 5.74) is 2.62. The molecule has 4 rings (SSSR count). The van der Waals surface area contributed by atoms with E-state index in [9.17, 15) is 4.79 Å². The molecule has 1 saturated carbocycles. The second-order valence-electron chi connectivity index (χ2n) is 9.44. The van der Waals surface area contributed by atoms with E-state index in [-0.39, 0.29) is 11.6 Å². The fraction of sp³-hybridized carbons (Fsp3) is 0.565. The molecule has 0 N–H and O–H groups in total. The van der Waals surface area contributed by atoms with Crippen LogP contribution in [0.5, 0.6) is 5.75 Å². The minimum Gasteiger partial charge on any atom is -0.494 e. The minimum absolute atomic E-state index is 0.141. The Morgan fingerprint density at radius 3 is 2.37 bits per heavy atom. The maximum absolute atomic E-state index is 12.7. The lowest BCUT2D eigenvalue weighted by molar-refractivity contribution is 0.0106. The molecule has 1 saturated heterocycles. The molecule has 0 unspecified atom stereocenters. The summed E-state index contributed by atoms with van der Waals surface area (Å²) in [6.07, 6.45) is 3.68. The molecule has 162 valence electrons. The van der Waals surface area contributed by atoms with E-state index in [1.165, 1.54) is 0 Å². The number of piperazine rings is 1. The van der Waals surface area contributed by atoms with E-state index in [1.807, 2.05) is 37.9 Å². The van der Waals surface area contributed by atoms with Crippen LogP contribution >= 0.6 is 0 Å². The topological polar surface area (TPSA) is 59.8 Å². The summed E-state index contributed by atoms with van der Waals surface area (Å²) in [5.74, 6) is 1.65. The number of carbonyl (C=O) groups is 1. The second kappa shape index (κ2) is 7.22. The molecule has 2 fully saturated rings. The molecule has 0 radical (unpaired) electrons. The first kappa shape index (κ1) is 20.6. The summed E-state index contributed by atoms with van der Waals surface area (Å²) < 4.78 is 13.5. The van der Waals surface area contributed by atoms with Crippen LogP contribution in [-0.2, 0) is 4.74 Å². The summed E-state index contributed by atoms with van der Waals surface area (Å²) in [6, 6.07) is 6.17. The monoisotopic (exact) mass is 412 g/mol. The van der Waals surface area contributed by atoms with Gasteiger partial charge in [0.1, 0.15) is 17.2 Å². The standard InChI is InChI=1S/C23H32N4O3/c1-16-7-8-17(2)27(16)20-13-19(29-6)18(14-24-20)25-11-12-26(23(15-25)9-10-23)21(28)30-22(3,4)5/h7-8,13-14H,9-12,15H2,1-6H3. The van der Waals surface area contributed by atoms with Gasteiger partial charge in [-0.3, -0.25) is 4.90 Å². The summed E-state index contributed by atoms with van der Waals surface area (Å²) in [4.78, 5) is 21.7. The van der Waals surface area contributed by atoms with E-state index >= 15 is 0 Å². The van der Waals surface area contributed by atoms with Crippen LogP contribution in [0.25, 0.3) is 5.82 Å². The van der Waals surface area contributed by atoms with E-state index in [0.29, 0.717) is 6.54 Å². The Labute approximate surface area is 178 Å². The number of hydrogen-bond acceptors (Lipinski definition) is 5. The first-order chi connectivity index (χ1) is 14.1. The van der Waals surface area contributed by atoms with Gasteiger partial charge in [0.05, 0.1) is 24.5 Å². The minimum atomic E-state index is -0.484. The van der Waals surface area contributed by atoms with Crippen molar-refractivity contribution in [1.29, 1.82) is 0 Å². The Kier molecular flexibility index (Phi) is 4.95. The van der Waals surface area contributed by atoms with Gasteiger partial charge in [0.25, 0.3) is 0 Å². The third-order valence-corrected chi connectivity index (χ3v) is 5.98. The predicted molar refractivity (Wildman–Crippen MR) is 117 cm³/mol. The van der Waals surface area contributed by atoms with Crippen molar-refractivity contribution >= 4 is 11.8 Å². The lowest BCUT2D eigenvalue weighted by Gasteiger charge is -2.43. The molecule has 0 aromatic carbocycles. The van der Waals surface area contributed by atoms with Gasteiger partial charge in [-0.2, -0.15) is 0 Å². The molecule has 0 bridgehead atoms. The molecule has 7 nitrogen and oxygen atoms in total. The highest BCUT2D eigenvalue weighted by Gasteiger charge is 2.54. The van der Waals surface area contributed by atoms with E-state index in [4.69, 9.17) is 14.5 Å². The number of amides is 1. The van der Waals surface area contributed by atoms with Crippen molar-refractivity contribution in [2.24, 2.45) is 0 Å². The SMILES string of the molecule is COc1cc(-n2c(C)ccc2C)ncc1N1CCN(C(=O)OC(C)(C)C)C2(CC2)C1. The van der Waals surface area contributed by atoms with Gasteiger partial charge in [-0.25, -0.2) is 9.78 Å². The lowest BCUT2D eigenvalue weighted by Crippen LogP contribution is -2.58. The molecule has 1 amide bonds. The van der Waals surface area contributed by atoms with Crippen molar-refractivity contribution < 1.29 is 14.3 Å². The summed E-state index contributed by atoms with van der Waals surface area (Å²) in [6.45, 7) is 12.0. The van der Waals surface area contributed by atoms with Crippen molar-refractivity contribution in [3.05, 3.63) is 35.8 Å². The second-order valence-corrected chi connectivity index (χ2v) is 9.44. The van der Waals surface area contributed by atoms with Gasteiger partial charge < -0.3 is 18.9 Å². The Morgan fingerprint density at radius 2 is 1.80 bits per heavy atom. The average molecular weight is 413 g/mol. The Bertz CT molecular complexity index is 936. The zero-order chi connectivity index (χ0) is 21.7. The third-order valence-electron chi connectivity index (χ3n) is 5.98. The number of carbonyl (C=O) groups excluding carboxylic acids is 1.